The van der Waals surface area contributed by atoms with Crippen LogP contribution in [0, 0.1) is 0 Å². The fourth-order valence-corrected chi connectivity index (χ4v) is 0. The van der Waals surface area contributed by atoms with E-state index in [4.69, 9.17) is 4.89 Å². The Bertz CT molecular complexity index is 73.8. The van der Waals surface area contributed by atoms with Crippen molar-refractivity contribution < 1.29 is 9.46 Å². The molecule has 0 aromatic carbocycles. The van der Waals surface area contributed by atoms with Gasteiger partial charge in [-0.05, 0) is 0 Å². The Morgan fingerprint density at radius 2 is 1.86 bits per heavy atom. The molecular formula is C4H13O2P. The van der Waals surface area contributed by atoms with Gasteiger partial charge in [0.15, 0.2) is 7.37 Å². The SMILES string of the molecule is C.CCP(C)(=O)O. The first kappa shape index (κ1) is 10.2. The molecule has 0 radical (unpaired) electrons. The molecule has 0 rings (SSSR count). The van der Waals surface area contributed by atoms with Crippen LogP contribution in [0.15, 0.2) is 0 Å². The van der Waals surface area contributed by atoms with Crippen LogP contribution < -0.4 is 0 Å². The Kier molecular flexibility index (Phi) is 4.71. The highest BCUT2D eigenvalue weighted by Gasteiger charge is 2.01. The van der Waals surface area contributed by atoms with E-state index in [1.54, 1.807) is 6.92 Å². The standard InChI is InChI=1S/C3H9O2P.CH4/c1-3-6(2,4)5;/h3H2,1-2H3,(H,4,5);1H4. The predicted octanol–water partition coefficient (Wildman–Crippen LogP) is 1.54. The third kappa shape index (κ3) is 10.7. The molecule has 0 aliphatic rings. The third-order valence-electron chi connectivity index (χ3n) is 0.587. The van der Waals surface area contributed by atoms with E-state index in [-0.39, 0.29) is 7.43 Å². The molecule has 0 bridgehead atoms. The monoisotopic (exact) mass is 124 g/mol. The zero-order chi connectivity index (χ0) is 5.21. The summed E-state index contributed by atoms with van der Waals surface area (Å²) in [7, 11) is -2.65. The minimum atomic E-state index is -2.65. The van der Waals surface area contributed by atoms with Crippen molar-refractivity contribution in [2.75, 3.05) is 12.8 Å². The molecule has 7 heavy (non-hydrogen) atoms. The van der Waals surface area contributed by atoms with E-state index >= 15 is 0 Å². The normalized spacial score (nSPS) is 17.0. The maximum atomic E-state index is 10.1. The lowest BCUT2D eigenvalue weighted by molar-refractivity contribution is 0.486. The molecule has 0 aromatic heterocycles. The first-order chi connectivity index (χ1) is 2.56. The van der Waals surface area contributed by atoms with Gasteiger partial charge < -0.3 is 4.89 Å². The van der Waals surface area contributed by atoms with Crippen molar-refractivity contribution in [3.63, 3.8) is 0 Å². The van der Waals surface area contributed by atoms with Crippen LogP contribution in [0.3, 0.4) is 0 Å². The summed E-state index contributed by atoms with van der Waals surface area (Å²) in [5.74, 6) is 0. The van der Waals surface area contributed by atoms with E-state index < -0.39 is 7.37 Å². The second-order valence-electron chi connectivity index (χ2n) is 1.37. The summed E-state index contributed by atoms with van der Waals surface area (Å²) >= 11 is 0. The summed E-state index contributed by atoms with van der Waals surface area (Å²) in [6.45, 7) is 3.05. The Labute approximate surface area is 45.0 Å². The number of rotatable bonds is 1. The lowest BCUT2D eigenvalue weighted by Gasteiger charge is -1.94. The van der Waals surface area contributed by atoms with Gasteiger partial charge in [-0.2, -0.15) is 0 Å². The van der Waals surface area contributed by atoms with Crippen LogP contribution in [-0.4, -0.2) is 17.7 Å². The maximum absolute atomic E-state index is 10.1. The maximum Gasteiger partial charge on any atom is 0.197 e. The van der Waals surface area contributed by atoms with Gasteiger partial charge in [-0.25, -0.2) is 0 Å². The van der Waals surface area contributed by atoms with E-state index in [1.165, 1.54) is 6.66 Å². The topological polar surface area (TPSA) is 37.3 Å². The van der Waals surface area contributed by atoms with E-state index in [1.807, 2.05) is 0 Å². The number of hydrogen-bond acceptors (Lipinski definition) is 1. The van der Waals surface area contributed by atoms with E-state index in [2.05, 4.69) is 0 Å². The quantitative estimate of drug-likeness (QED) is 0.538. The number of hydrogen-bond donors (Lipinski definition) is 1. The van der Waals surface area contributed by atoms with Crippen LogP contribution >= 0.6 is 7.37 Å². The average Bonchev–Trinajstić information content (AvgIpc) is 1.35. The second kappa shape index (κ2) is 3.23. The molecule has 0 heterocycles. The van der Waals surface area contributed by atoms with Crippen molar-refractivity contribution in [1.29, 1.82) is 0 Å². The Morgan fingerprint density at radius 1 is 1.71 bits per heavy atom. The smallest absolute Gasteiger partial charge is 0.197 e. The fraction of sp³-hybridized carbons (Fsp3) is 1.00. The second-order valence-corrected chi connectivity index (χ2v) is 4.10. The molecule has 2 nitrogen and oxygen atoms in total. The van der Waals surface area contributed by atoms with Crippen molar-refractivity contribution in [1.82, 2.24) is 0 Å². The molecule has 46 valence electrons. The highest BCUT2D eigenvalue weighted by atomic mass is 31.2. The van der Waals surface area contributed by atoms with Crippen LogP contribution in [0.5, 0.6) is 0 Å². The van der Waals surface area contributed by atoms with Gasteiger partial charge in [-0.15, -0.1) is 0 Å². The van der Waals surface area contributed by atoms with Crippen molar-refractivity contribution in [3.8, 4) is 0 Å². The van der Waals surface area contributed by atoms with Crippen LogP contribution in [0.1, 0.15) is 14.4 Å². The molecule has 0 saturated heterocycles. The lowest BCUT2D eigenvalue weighted by atomic mass is 11.0. The van der Waals surface area contributed by atoms with Crippen LogP contribution in [0.2, 0.25) is 0 Å². The van der Waals surface area contributed by atoms with Gasteiger partial charge in [-0.1, -0.05) is 14.4 Å². The van der Waals surface area contributed by atoms with E-state index in [0.29, 0.717) is 6.16 Å². The Morgan fingerprint density at radius 3 is 1.86 bits per heavy atom. The highest BCUT2D eigenvalue weighted by molar-refractivity contribution is 7.57. The Hall–Kier alpha value is 0.190. The average molecular weight is 124 g/mol. The first-order valence-electron chi connectivity index (χ1n) is 1.85. The van der Waals surface area contributed by atoms with Gasteiger partial charge in [0.25, 0.3) is 0 Å². The van der Waals surface area contributed by atoms with Crippen LogP contribution in [0.25, 0.3) is 0 Å². The largest absolute Gasteiger partial charge is 0.344 e. The predicted molar refractivity (Wildman–Crippen MR) is 33.0 cm³/mol. The summed E-state index contributed by atoms with van der Waals surface area (Å²) in [4.78, 5) is 8.38. The highest BCUT2D eigenvalue weighted by Crippen LogP contribution is 2.33. The summed E-state index contributed by atoms with van der Waals surface area (Å²) in [6, 6.07) is 0. The van der Waals surface area contributed by atoms with Gasteiger partial charge in [0.05, 0.1) is 0 Å². The molecular weight excluding hydrogens is 111 g/mol. The molecule has 0 fully saturated rings. The van der Waals surface area contributed by atoms with Crippen molar-refractivity contribution >= 4 is 7.37 Å². The van der Waals surface area contributed by atoms with Crippen LogP contribution in [0.4, 0.5) is 0 Å². The van der Waals surface area contributed by atoms with Gasteiger partial charge in [0.2, 0.25) is 0 Å². The zero-order valence-corrected chi connectivity index (χ0v) is 4.90. The van der Waals surface area contributed by atoms with Crippen LogP contribution in [-0.2, 0) is 4.57 Å². The molecule has 1 N–H and O–H groups in total. The van der Waals surface area contributed by atoms with Gasteiger partial charge in [0, 0.05) is 12.8 Å². The van der Waals surface area contributed by atoms with Crippen molar-refractivity contribution in [2.24, 2.45) is 0 Å². The summed E-state index contributed by atoms with van der Waals surface area (Å²) in [5, 5.41) is 0. The van der Waals surface area contributed by atoms with Crippen molar-refractivity contribution in [3.05, 3.63) is 0 Å². The fourth-order valence-electron chi connectivity index (χ4n) is 0. The minimum absolute atomic E-state index is 0. The van der Waals surface area contributed by atoms with Gasteiger partial charge >= 0.3 is 0 Å². The molecule has 0 amide bonds. The molecule has 1 atom stereocenters. The summed E-state index contributed by atoms with van der Waals surface area (Å²) in [6.07, 6.45) is 0.382. The van der Waals surface area contributed by atoms with Gasteiger partial charge in [-0.3, -0.25) is 4.57 Å². The molecule has 1 unspecified atom stereocenters. The molecule has 0 spiro atoms. The molecule has 0 aromatic rings. The van der Waals surface area contributed by atoms with Crippen molar-refractivity contribution in [2.45, 2.75) is 14.4 Å². The summed E-state index contributed by atoms with van der Waals surface area (Å²) < 4.78 is 10.1. The molecule has 3 heteroatoms. The summed E-state index contributed by atoms with van der Waals surface area (Å²) in [5.41, 5.74) is 0. The van der Waals surface area contributed by atoms with E-state index in [0.717, 1.165) is 0 Å². The first-order valence-corrected chi connectivity index (χ1v) is 4.15. The van der Waals surface area contributed by atoms with E-state index in [9.17, 15) is 4.57 Å². The Balaban J connectivity index is 0. The minimum Gasteiger partial charge on any atom is -0.344 e. The zero-order valence-electron chi connectivity index (χ0n) is 4.01. The van der Waals surface area contributed by atoms with Gasteiger partial charge in [0.1, 0.15) is 0 Å². The molecule has 0 aliphatic carbocycles. The lowest BCUT2D eigenvalue weighted by Crippen LogP contribution is -1.75. The third-order valence-corrected chi connectivity index (χ3v) is 1.76. The molecule has 0 saturated carbocycles. The molecule has 0 aliphatic heterocycles.